The summed E-state index contributed by atoms with van der Waals surface area (Å²) < 4.78 is 0. The molecule has 0 bridgehead atoms. The van der Waals surface area contributed by atoms with Gasteiger partial charge < -0.3 is 0 Å². The summed E-state index contributed by atoms with van der Waals surface area (Å²) in [6.07, 6.45) is 1.54. The number of ketones is 2. The molecule has 13 heavy (non-hydrogen) atoms. The molecule has 72 valence electrons. The molecule has 0 aromatic carbocycles. The van der Waals surface area contributed by atoms with Crippen molar-refractivity contribution in [1.82, 2.24) is 0 Å². The Hall–Kier alpha value is -0.660. The second-order valence-electron chi connectivity index (χ2n) is 4.91. The van der Waals surface area contributed by atoms with Crippen LogP contribution in [0.5, 0.6) is 0 Å². The van der Waals surface area contributed by atoms with E-state index in [1.54, 1.807) is 0 Å². The van der Waals surface area contributed by atoms with Crippen LogP contribution in [-0.2, 0) is 9.59 Å². The molecule has 2 saturated carbocycles. The fourth-order valence-corrected chi connectivity index (χ4v) is 2.99. The molecule has 2 rings (SSSR count). The van der Waals surface area contributed by atoms with E-state index in [9.17, 15) is 9.59 Å². The van der Waals surface area contributed by atoms with E-state index in [0.29, 0.717) is 12.3 Å². The van der Waals surface area contributed by atoms with E-state index >= 15 is 0 Å². The highest BCUT2D eigenvalue weighted by atomic mass is 16.2. The van der Waals surface area contributed by atoms with Crippen molar-refractivity contribution in [2.45, 2.75) is 33.6 Å². The maximum absolute atomic E-state index is 11.8. The van der Waals surface area contributed by atoms with E-state index in [1.165, 1.54) is 0 Å². The van der Waals surface area contributed by atoms with Crippen LogP contribution in [-0.4, -0.2) is 11.6 Å². The minimum Gasteiger partial charge on any atom is -0.299 e. The molecule has 0 aromatic heterocycles. The van der Waals surface area contributed by atoms with E-state index in [4.69, 9.17) is 0 Å². The number of carbonyl (C=O) groups is 2. The van der Waals surface area contributed by atoms with Crippen molar-refractivity contribution in [3.63, 3.8) is 0 Å². The average molecular weight is 180 g/mol. The van der Waals surface area contributed by atoms with Crippen molar-refractivity contribution in [3.8, 4) is 0 Å². The molecule has 0 N–H and O–H groups in total. The van der Waals surface area contributed by atoms with Gasteiger partial charge in [-0.15, -0.1) is 0 Å². The van der Waals surface area contributed by atoms with E-state index in [0.717, 1.165) is 6.42 Å². The molecule has 2 nitrogen and oxygen atoms in total. The summed E-state index contributed by atoms with van der Waals surface area (Å²) in [6.45, 7) is 6.05. The van der Waals surface area contributed by atoms with Gasteiger partial charge >= 0.3 is 0 Å². The summed E-state index contributed by atoms with van der Waals surface area (Å²) in [5, 5.41) is 0. The first-order valence-corrected chi connectivity index (χ1v) is 5.08. The molecule has 0 saturated heterocycles. The first kappa shape index (κ1) is 8.92. The molecule has 0 aromatic rings. The minimum atomic E-state index is -0.535. The van der Waals surface area contributed by atoms with E-state index in [-0.39, 0.29) is 23.4 Å². The largest absolute Gasteiger partial charge is 0.299 e. The van der Waals surface area contributed by atoms with E-state index in [1.807, 2.05) is 13.8 Å². The summed E-state index contributed by atoms with van der Waals surface area (Å²) in [6, 6.07) is 0. The van der Waals surface area contributed by atoms with Crippen LogP contribution in [0, 0.1) is 23.2 Å². The van der Waals surface area contributed by atoms with Gasteiger partial charge in [-0.05, 0) is 18.3 Å². The highest BCUT2D eigenvalue weighted by molar-refractivity contribution is 6.22. The maximum atomic E-state index is 11.8. The van der Waals surface area contributed by atoms with Crippen molar-refractivity contribution >= 4 is 11.6 Å². The molecule has 2 heteroatoms. The molecule has 2 fully saturated rings. The number of Topliss-reactive ketones (excluding diaryl/α,β-unsaturated/α-hetero) is 2. The molecule has 0 aliphatic heterocycles. The monoisotopic (exact) mass is 180 g/mol. The SMILES string of the molecule is CC(C)[C@]12C(=O)C[C@@H](C)CC1C2=O. The quantitative estimate of drug-likeness (QED) is 0.577. The Kier molecular flexibility index (Phi) is 1.67. The van der Waals surface area contributed by atoms with Gasteiger partial charge in [-0.1, -0.05) is 20.8 Å². The molecular formula is C11H16O2. The summed E-state index contributed by atoms with van der Waals surface area (Å²) in [5.41, 5.74) is -0.535. The fraction of sp³-hybridized carbons (Fsp3) is 0.818. The second kappa shape index (κ2) is 2.43. The normalized spacial score (nSPS) is 43.7. The first-order valence-electron chi connectivity index (χ1n) is 5.08. The molecule has 0 spiro atoms. The Balaban J connectivity index is 2.31. The lowest BCUT2D eigenvalue weighted by molar-refractivity contribution is -0.131. The molecule has 3 atom stereocenters. The average Bonchev–Trinajstić information content (AvgIpc) is 2.57. The van der Waals surface area contributed by atoms with Crippen LogP contribution in [0.4, 0.5) is 0 Å². The Morgan fingerprint density at radius 1 is 1.38 bits per heavy atom. The van der Waals surface area contributed by atoms with E-state index < -0.39 is 5.41 Å². The molecule has 1 unspecified atom stereocenters. The molecule has 0 radical (unpaired) electrons. The highest BCUT2D eigenvalue weighted by Gasteiger charge is 2.71. The summed E-state index contributed by atoms with van der Waals surface area (Å²) >= 11 is 0. The highest BCUT2D eigenvalue weighted by Crippen LogP contribution is 2.60. The van der Waals surface area contributed by atoms with Gasteiger partial charge in [0.05, 0.1) is 5.41 Å². The zero-order valence-electron chi connectivity index (χ0n) is 8.46. The Bertz CT molecular complexity index is 280. The van der Waals surface area contributed by atoms with Gasteiger partial charge in [-0.25, -0.2) is 0 Å². The third kappa shape index (κ3) is 0.890. The van der Waals surface area contributed by atoms with Crippen LogP contribution in [0.15, 0.2) is 0 Å². The third-order valence-electron chi connectivity index (χ3n) is 3.73. The molecule has 0 heterocycles. The predicted molar refractivity (Wildman–Crippen MR) is 49.2 cm³/mol. The Labute approximate surface area is 78.7 Å². The van der Waals surface area contributed by atoms with Gasteiger partial charge in [-0.3, -0.25) is 9.59 Å². The lowest BCUT2D eigenvalue weighted by Gasteiger charge is -2.25. The van der Waals surface area contributed by atoms with Gasteiger partial charge in [0.2, 0.25) is 0 Å². The lowest BCUT2D eigenvalue weighted by Crippen LogP contribution is -2.31. The van der Waals surface area contributed by atoms with Crippen molar-refractivity contribution in [2.24, 2.45) is 23.2 Å². The number of hydrogen-bond donors (Lipinski definition) is 0. The number of fused-ring (bicyclic) bond motifs is 1. The maximum Gasteiger partial charge on any atom is 0.151 e. The summed E-state index contributed by atoms with van der Waals surface area (Å²) in [5.74, 6) is 1.11. The second-order valence-corrected chi connectivity index (χ2v) is 4.91. The first-order chi connectivity index (χ1) is 6.01. The summed E-state index contributed by atoms with van der Waals surface area (Å²) in [7, 11) is 0. The predicted octanol–water partition coefficient (Wildman–Crippen LogP) is 1.83. The third-order valence-corrected chi connectivity index (χ3v) is 3.73. The standard InChI is InChI=1S/C11H16O2/c1-6(2)11-8(10(11)13)4-7(3)5-9(11)12/h6-8H,4-5H2,1-3H3/t7-,8?,11+/m0/s1. The van der Waals surface area contributed by atoms with Gasteiger partial charge in [0.25, 0.3) is 0 Å². The van der Waals surface area contributed by atoms with Crippen LogP contribution >= 0.6 is 0 Å². The molecule has 0 amide bonds. The zero-order valence-corrected chi connectivity index (χ0v) is 8.46. The lowest BCUT2D eigenvalue weighted by atomic mass is 9.75. The van der Waals surface area contributed by atoms with Crippen molar-refractivity contribution in [3.05, 3.63) is 0 Å². The van der Waals surface area contributed by atoms with Crippen LogP contribution in [0.2, 0.25) is 0 Å². The van der Waals surface area contributed by atoms with Crippen LogP contribution in [0.1, 0.15) is 33.6 Å². The Morgan fingerprint density at radius 2 is 2.00 bits per heavy atom. The smallest absolute Gasteiger partial charge is 0.151 e. The van der Waals surface area contributed by atoms with Crippen LogP contribution in [0.3, 0.4) is 0 Å². The number of carbonyl (C=O) groups excluding carboxylic acids is 2. The van der Waals surface area contributed by atoms with Gasteiger partial charge in [0.15, 0.2) is 5.78 Å². The van der Waals surface area contributed by atoms with Gasteiger partial charge in [-0.2, -0.15) is 0 Å². The minimum absolute atomic E-state index is 0.0729. The van der Waals surface area contributed by atoms with Crippen molar-refractivity contribution in [1.29, 1.82) is 0 Å². The molecule has 2 aliphatic carbocycles. The van der Waals surface area contributed by atoms with E-state index in [2.05, 4.69) is 6.92 Å². The van der Waals surface area contributed by atoms with Gasteiger partial charge in [0.1, 0.15) is 5.78 Å². The van der Waals surface area contributed by atoms with Crippen molar-refractivity contribution in [2.75, 3.05) is 0 Å². The Morgan fingerprint density at radius 3 is 2.46 bits per heavy atom. The molecular weight excluding hydrogens is 164 g/mol. The number of hydrogen-bond acceptors (Lipinski definition) is 2. The molecule has 2 aliphatic rings. The van der Waals surface area contributed by atoms with Gasteiger partial charge in [0, 0.05) is 12.3 Å². The van der Waals surface area contributed by atoms with Crippen molar-refractivity contribution < 1.29 is 9.59 Å². The zero-order chi connectivity index (χ0) is 9.80. The fourth-order valence-electron chi connectivity index (χ4n) is 2.99. The summed E-state index contributed by atoms with van der Waals surface area (Å²) in [4.78, 5) is 23.4. The number of rotatable bonds is 1. The van der Waals surface area contributed by atoms with Crippen LogP contribution in [0.25, 0.3) is 0 Å². The van der Waals surface area contributed by atoms with Crippen LogP contribution < -0.4 is 0 Å². The topological polar surface area (TPSA) is 34.1 Å².